The molecular weight excluding hydrogens is 324 g/mol. The maximum absolute atomic E-state index is 4.39. The van der Waals surface area contributed by atoms with Crippen LogP contribution in [0.15, 0.2) is 23.3 Å². The molecule has 5 atom stereocenters. The molecule has 0 aromatic rings. The highest BCUT2D eigenvalue weighted by atomic mass is 14.6. The molecule has 3 aliphatic carbocycles. The van der Waals surface area contributed by atoms with Crippen LogP contribution < -0.4 is 0 Å². The summed E-state index contributed by atoms with van der Waals surface area (Å²) >= 11 is 0. The molecule has 2 saturated carbocycles. The summed E-state index contributed by atoms with van der Waals surface area (Å²) in [5.74, 6) is 4.70. The average Bonchev–Trinajstić information content (AvgIpc) is 3.21. The minimum absolute atomic E-state index is 0.606. The van der Waals surface area contributed by atoms with Gasteiger partial charge in [-0.25, -0.2) is 0 Å². The topological polar surface area (TPSA) is 0 Å². The Kier molecular flexibility index (Phi) is 6.97. The lowest BCUT2D eigenvalue weighted by molar-refractivity contribution is 0.105. The van der Waals surface area contributed by atoms with Gasteiger partial charge in [-0.2, -0.15) is 0 Å². The fourth-order valence-electron chi connectivity index (χ4n) is 6.18. The lowest BCUT2D eigenvalue weighted by Crippen LogP contribution is -2.35. The molecule has 0 heteroatoms. The van der Waals surface area contributed by atoms with E-state index in [1.807, 2.05) is 11.1 Å². The lowest BCUT2D eigenvalue weighted by atomic mass is 9.60. The monoisotopic (exact) mass is 370 g/mol. The van der Waals surface area contributed by atoms with E-state index in [4.69, 9.17) is 0 Å². The molecule has 27 heavy (non-hydrogen) atoms. The van der Waals surface area contributed by atoms with Crippen LogP contribution in [0.1, 0.15) is 112 Å². The average molecular weight is 371 g/mol. The number of fused-ring (bicyclic) bond motifs is 1. The van der Waals surface area contributed by atoms with Crippen molar-refractivity contribution >= 4 is 0 Å². The quantitative estimate of drug-likeness (QED) is 0.284. The summed E-state index contributed by atoms with van der Waals surface area (Å²) in [5.41, 5.74) is 5.90. The van der Waals surface area contributed by atoms with Gasteiger partial charge in [-0.3, -0.25) is 0 Å². The summed E-state index contributed by atoms with van der Waals surface area (Å²) in [6.45, 7) is 16.6. The van der Waals surface area contributed by atoms with E-state index in [0.717, 1.165) is 29.6 Å². The molecule has 2 fully saturated rings. The Bertz CT molecular complexity index is 548. The molecule has 154 valence electrons. The van der Waals surface area contributed by atoms with E-state index in [1.54, 1.807) is 0 Å². The molecule has 0 aromatic heterocycles. The van der Waals surface area contributed by atoms with Gasteiger partial charge in [0.05, 0.1) is 0 Å². The zero-order chi connectivity index (χ0) is 19.6. The van der Waals surface area contributed by atoms with E-state index in [0.29, 0.717) is 5.41 Å². The van der Waals surface area contributed by atoms with Gasteiger partial charge in [-0.05, 0) is 74.0 Å². The molecule has 3 aliphatic rings. The first-order valence-electron chi connectivity index (χ1n) is 12.3. The van der Waals surface area contributed by atoms with Crippen LogP contribution in [0.5, 0.6) is 0 Å². The minimum atomic E-state index is 0.606. The maximum atomic E-state index is 4.39. The van der Waals surface area contributed by atoms with Crippen LogP contribution in [0.4, 0.5) is 0 Å². The second-order valence-corrected chi connectivity index (χ2v) is 10.7. The molecule has 0 radical (unpaired) electrons. The summed E-state index contributed by atoms with van der Waals surface area (Å²) in [6.07, 6.45) is 16.7. The van der Waals surface area contributed by atoms with Crippen molar-refractivity contribution in [3.63, 3.8) is 0 Å². The molecule has 0 spiro atoms. The summed E-state index contributed by atoms with van der Waals surface area (Å²) in [4.78, 5) is 0. The van der Waals surface area contributed by atoms with E-state index < -0.39 is 0 Å². The molecule has 3 rings (SSSR count). The minimum Gasteiger partial charge on any atom is -0.0999 e. The molecule has 0 aliphatic heterocycles. The first-order chi connectivity index (χ1) is 12.9. The van der Waals surface area contributed by atoms with Crippen molar-refractivity contribution in [2.45, 2.75) is 112 Å². The predicted octanol–water partition coefficient (Wildman–Crippen LogP) is 8.73. The van der Waals surface area contributed by atoms with Gasteiger partial charge in [0.15, 0.2) is 0 Å². The second-order valence-electron chi connectivity index (χ2n) is 10.7. The Labute approximate surface area is 170 Å². The van der Waals surface area contributed by atoms with Gasteiger partial charge in [0.25, 0.3) is 0 Å². The van der Waals surface area contributed by atoms with E-state index >= 15 is 0 Å². The fraction of sp³-hybridized carbons (Fsp3) is 0.852. The first kappa shape index (κ1) is 21.2. The Morgan fingerprint density at radius 2 is 1.89 bits per heavy atom. The Balaban J connectivity index is 1.43. The van der Waals surface area contributed by atoms with Gasteiger partial charge >= 0.3 is 0 Å². The van der Waals surface area contributed by atoms with Gasteiger partial charge in [-0.1, -0.05) is 90.0 Å². The largest absolute Gasteiger partial charge is 0.0999 e. The molecule has 5 unspecified atom stereocenters. The summed E-state index contributed by atoms with van der Waals surface area (Å²) in [6, 6.07) is 0. The number of rotatable bonds is 13. The Morgan fingerprint density at radius 3 is 2.48 bits per heavy atom. The highest BCUT2D eigenvalue weighted by Gasteiger charge is 2.59. The molecule has 0 heterocycles. The van der Waals surface area contributed by atoms with Crippen molar-refractivity contribution in [2.75, 3.05) is 0 Å². The standard InChI is InChI=1S/C27H46/c1-7-19(3)11-9-12-20(4)15-16-24-25-18-27(8-2,26(24)25)17-21(5)22(6)23-13-10-14-23/h19,21-23,25H,4,7-18H2,1-3,5-6H3. The fourth-order valence-corrected chi connectivity index (χ4v) is 6.18. The van der Waals surface area contributed by atoms with Crippen LogP contribution in [-0.4, -0.2) is 0 Å². The highest BCUT2D eigenvalue weighted by Crippen LogP contribution is 2.71. The highest BCUT2D eigenvalue weighted by molar-refractivity contribution is 5.54. The Hall–Kier alpha value is -0.520. The molecule has 0 bridgehead atoms. The third-order valence-electron chi connectivity index (χ3n) is 9.05. The zero-order valence-corrected chi connectivity index (χ0v) is 19.1. The first-order valence-corrected chi connectivity index (χ1v) is 12.3. The van der Waals surface area contributed by atoms with Crippen LogP contribution in [0.3, 0.4) is 0 Å². The Morgan fingerprint density at radius 1 is 1.15 bits per heavy atom. The van der Waals surface area contributed by atoms with Crippen molar-refractivity contribution in [1.82, 2.24) is 0 Å². The van der Waals surface area contributed by atoms with Gasteiger partial charge in [0.2, 0.25) is 0 Å². The summed E-state index contributed by atoms with van der Waals surface area (Å²) in [5, 5.41) is 0. The van der Waals surface area contributed by atoms with Crippen LogP contribution in [0.2, 0.25) is 0 Å². The molecule has 0 N–H and O–H groups in total. The normalized spacial score (nSPS) is 30.2. The zero-order valence-electron chi connectivity index (χ0n) is 19.1. The van der Waals surface area contributed by atoms with Gasteiger partial charge in [0.1, 0.15) is 0 Å². The smallest absolute Gasteiger partial charge is 0.00270 e. The van der Waals surface area contributed by atoms with Crippen molar-refractivity contribution in [1.29, 1.82) is 0 Å². The van der Waals surface area contributed by atoms with Crippen molar-refractivity contribution in [3.8, 4) is 0 Å². The van der Waals surface area contributed by atoms with Crippen LogP contribution in [0, 0.1) is 35.0 Å². The van der Waals surface area contributed by atoms with Gasteiger partial charge < -0.3 is 0 Å². The summed E-state index contributed by atoms with van der Waals surface area (Å²) < 4.78 is 0. The number of allylic oxidation sites excluding steroid dienone is 3. The third-order valence-corrected chi connectivity index (χ3v) is 9.05. The van der Waals surface area contributed by atoms with E-state index in [-0.39, 0.29) is 0 Å². The maximum Gasteiger partial charge on any atom is 0.00270 e. The van der Waals surface area contributed by atoms with E-state index in [2.05, 4.69) is 41.2 Å². The van der Waals surface area contributed by atoms with Gasteiger partial charge in [0, 0.05) is 5.92 Å². The SMILES string of the molecule is C=C(CCCC(C)CC)CCC1=C2C1CC2(CC)CC(C)C(C)C1CCC1. The molecule has 0 nitrogen and oxygen atoms in total. The number of hydrogen-bond donors (Lipinski definition) is 0. The van der Waals surface area contributed by atoms with Crippen LogP contribution in [-0.2, 0) is 0 Å². The van der Waals surface area contributed by atoms with E-state index in [9.17, 15) is 0 Å². The van der Waals surface area contributed by atoms with Crippen LogP contribution in [0.25, 0.3) is 0 Å². The second kappa shape index (κ2) is 8.87. The van der Waals surface area contributed by atoms with Crippen LogP contribution >= 0.6 is 0 Å². The molecule has 0 saturated heterocycles. The van der Waals surface area contributed by atoms with Gasteiger partial charge in [-0.15, -0.1) is 0 Å². The predicted molar refractivity (Wildman–Crippen MR) is 120 cm³/mol. The molecular formula is C27H46. The molecule has 0 amide bonds. The van der Waals surface area contributed by atoms with Crippen molar-refractivity contribution in [3.05, 3.63) is 23.3 Å². The number of hydrogen-bond acceptors (Lipinski definition) is 0. The summed E-state index contributed by atoms with van der Waals surface area (Å²) in [7, 11) is 0. The third kappa shape index (κ3) is 4.56. The van der Waals surface area contributed by atoms with E-state index in [1.165, 1.54) is 82.6 Å². The van der Waals surface area contributed by atoms with Crippen molar-refractivity contribution in [2.24, 2.45) is 35.0 Å². The van der Waals surface area contributed by atoms with Crippen molar-refractivity contribution < 1.29 is 0 Å². The lowest BCUT2D eigenvalue weighted by Gasteiger charge is -2.45. The molecule has 0 aromatic carbocycles.